The van der Waals surface area contributed by atoms with E-state index < -0.39 is 0 Å². The molecule has 0 spiro atoms. The predicted molar refractivity (Wildman–Crippen MR) is 90.6 cm³/mol. The van der Waals surface area contributed by atoms with Gasteiger partial charge in [-0.3, -0.25) is 15.2 Å². The highest BCUT2D eigenvalue weighted by Gasteiger charge is 2.02. The minimum Gasteiger partial charge on any atom is -0.290 e. The number of aryl methyl sites for hydroxylation is 1. The second-order valence-electron chi connectivity index (χ2n) is 5.22. The van der Waals surface area contributed by atoms with Crippen molar-refractivity contribution in [2.24, 2.45) is 5.84 Å². The van der Waals surface area contributed by atoms with E-state index in [0.29, 0.717) is 5.56 Å². The fourth-order valence-corrected chi connectivity index (χ4v) is 2.29. The molecule has 0 aliphatic heterocycles. The lowest BCUT2D eigenvalue weighted by Crippen LogP contribution is -2.29. The van der Waals surface area contributed by atoms with Crippen LogP contribution in [-0.2, 0) is 0 Å². The standard InChI is InChI=1S/C19H15N3O/c1-13-5-8-18-17(9-13)11-15(12-21-18)7-6-14-3-2-4-16(10-14)19(23)22-20/h2-5,8-12H,20H2,1H3,(H,22,23). The summed E-state index contributed by atoms with van der Waals surface area (Å²) in [7, 11) is 0. The molecule has 3 rings (SSSR count). The number of fused-ring (bicyclic) bond motifs is 1. The minimum absolute atomic E-state index is 0.337. The SMILES string of the molecule is Cc1ccc2ncc(C#Cc3cccc(C(=O)NN)c3)cc2c1. The van der Waals surface area contributed by atoms with Crippen LogP contribution in [0.1, 0.15) is 27.0 Å². The van der Waals surface area contributed by atoms with E-state index in [0.717, 1.165) is 22.0 Å². The fraction of sp³-hybridized carbons (Fsp3) is 0.0526. The summed E-state index contributed by atoms with van der Waals surface area (Å²) in [5, 5.41) is 1.06. The Bertz CT molecular complexity index is 951. The Morgan fingerprint density at radius 2 is 1.91 bits per heavy atom. The molecule has 0 aliphatic carbocycles. The number of carbonyl (C=O) groups is 1. The quantitative estimate of drug-likeness (QED) is 0.314. The molecule has 1 aromatic heterocycles. The van der Waals surface area contributed by atoms with Crippen molar-refractivity contribution in [3.05, 3.63) is 77.0 Å². The van der Waals surface area contributed by atoms with Crippen molar-refractivity contribution in [1.29, 1.82) is 0 Å². The summed E-state index contributed by atoms with van der Waals surface area (Å²) >= 11 is 0. The van der Waals surface area contributed by atoms with Gasteiger partial charge in [0.2, 0.25) is 0 Å². The van der Waals surface area contributed by atoms with Gasteiger partial charge in [0.15, 0.2) is 0 Å². The number of hydrogen-bond acceptors (Lipinski definition) is 3. The van der Waals surface area contributed by atoms with E-state index in [1.54, 1.807) is 24.4 Å². The molecule has 112 valence electrons. The van der Waals surface area contributed by atoms with Crippen molar-refractivity contribution in [3.8, 4) is 11.8 Å². The number of nitrogens with zero attached hydrogens (tertiary/aromatic N) is 1. The van der Waals surface area contributed by atoms with Crippen LogP contribution in [0.5, 0.6) is 0 Å². The van der Waals surface area contributed by atoms with Gasteiger partial charge in [0.25, 0.3) is 5.91 Å². The van der Waals surface area contributed by atoms with Crippen LogP contribution in [0.4, 0.5) is 0 Å². The number of aromatic nitrogens is 1. The molecule has 1 amide bonds. The van der Waals surface area contributed by atoms with E-state index in [4.69, 9.17) is 5.84 Å². The van der Waals surface area contributed by atoms with E-state index in [9.17, 15) is 4.79 Å². The molecule has 0 fully saturated rings. The van der Waals surface area contributed by atoms with Crippen LogP contribution in [0, 0.1) is 18.8 Å². The lowest BCUT2D eigenvalue weighted by atomic mass is 10.1. The summed E-state index contributed by atoms with van der Waals surface area (Å²) in [6.45, 7) is 2.05. The Labute approximate surface area is 134 Å². The molecule has 0 bridgehead atoms. The average Bonchev–Trinajstić information content (AvgIpc) is 2.59. The highest BCUT2D eigenvalue weighted by molar-refractivity contribution is 5.94. The second-order valence-corrected chi connectivity index (χ2v) is 5.22. The molecule has 4 nitrogen and oxygen atoms in total. The van der Waals surface area contributed by atoms with Crippen molar-refractivity contribution < 1.29 is 4.79 Å². The summed E-state index contributed by atoms with van der Waals surface area (Å²) in [6, 6.07) is 15.1. The van der Waals surface area contributed by atoms with Gasteiger partial charge >= 0.3 is 0 Å². The van der Waals surface area contributed by atoms with Crippen molar-refractivity contribution in [2.75, 3.05) is 0 Å². The number of carbonyl (C=O) groups excluding carboxylic acids is 1. The van der Waals surface area contributed by atoms with Crippen molar-refractivity contribution in [3.63, 3.8) is 0 Å². The van der Waals surface area contributed by atoms with E-state index >= 15 is 0 Å². The molecule has 0 atom stereocenters. The predicted octanol–water partition coefficient (Wildman–Crippen LogP) is 2.55. The molecular weight excluding hydrogens is 286 g/mol. The number of nitrogens with one attached hydrogen (secondary N) is 1. The Morgan fingerprint density at radius 1 is 1.09 bits per heavy atom. The number of rotatable bonds is 1. The van der Waals surface area contributed by atoms with Crippen LogP contribution < -0.4 is 11.3 Å². The van der Waals surface area contributed by atoms with Crippen LogP contribution in [0.3, 0.4) is 0 Å². The summed E-state index contributed by atoms with van der Waals surface area (Å²) in [5.74, 6) is 10.9. The van der Waals surface area contributed by atoms with Crippen molar-refractivity contribution >= 4 is 16.8 Å². The number of hydrazine groups is 1. The van der Waals surface area contributed by atoms with Gasteiger partial charge in [-0.05, 0) is 43.3 Å². The number of nitrogens with two attached hydrogens (primary N) is 1. The number of hydrogen-bond donors (Lipinski definition) is 2. The fourth-order valence-electron chi connectivity index (χ4n) is 2.29. The van der Waals surface area contributed by atoms with E-state index in [-0.39, 0.29) is 5.91 Å². The Morgan fingerprint density at radius 3 is 2.74 bits per heavy atom. The summed E-state index contributed by atoms with van der Waals surface area (Å²) in [6.07, 6.45) is 1.75. The van der Waals surface area contributed by atoms with E-state index in [2.05, 4.69) is 28.3 Å². The van der Waals surface area contributed by atoms with Gasteiger partial charge in [0.1, 0.15) is 0 Å². The van der Waals surface area contributed by atoms with Crippen molar-refractivity contribution in [1.82, 2.24) is 10.4 Å². The summed E-state index contributed by atoms with van der Waals surface area (Å²) in [5.41, 5.74) is 6.30. The number of amides is 1. The smallest absolute Gasteiger partial charge is 0.265 e. The topological polar surface area (TPSA) is 68.0 Å². The largest absolute Gasteiger partial charge is 0.290 e. The highest BCUT2D eigenvalue weighted by Crippen LogP contribution is 2.14. The molecule has 0 saturated carbocycles. The Balaban J connectivity index is 1.93. The van der Waals surface area contributed by atoms with Gasteiger partial charge in [-0.25, -0.2) is 5.84 Å². The Hall–Kier alpha value is -3.16. The normalized spacial score (nSPS) is 10.0. The first-order valence-electron chi connectivity index (χ1n) is 7.15. The zero-order valence-corrected chi connectivity index (χ0v) is 12.6. The van der Waals surface area contributed by atoms with Gasteiger partial charge in [-0.1, -0.05) is 29.5 Å². The summed E-state index contributed by atoms with van der Waals surface area (Å²) in [4.78, 5) is 15.9. The van der Waals surface area contributed by atoms with Gasteiger partial charge < -0.3 is 0 Å². The molecule has 2 aromatic carbocycles. The third kappa shape index (κ3) is 3.37. The zero-order chi connectivity index (χ0) is 16.2. The number of benzene rings is 2. The van der Waals surface area contributed by atoms with Crippen LogP contribution >= 0.6 is 0 Å². The summed E-state index contributed by atoms with van der Waals surface area (Å²) < 4.78 is 0. The molecule has 0 aliphatic rings. The third-order valence-electron chi connectivity index (χ3n) is 3.44. The number of nitrogen functional groups attached to an aromatic ring is 1. The van der Waals surface area contributed by atoms with Crippen LogP contribution in [-0.4, -0.2) is 10.9 Å². The minimum atomic E-state index is -0.337. The maximum absolute atomic E-state index is 11.5. The van der Waals surface area contributed by atoms with Gasteiger partial charge in [0, 0.05) is 28.3 Å². The first-order valence-corrected chi connectivity index (χ1v) is 7.15. The molecule has 23 heavy (non-hydrogen) atoms. The molecule has 3 N–H and O–H groups in total. The molecule has 0 unspecified atom stereocenters. The van der Waals surface area contributed by atoms with Gasteiger partial charge in [0.05, 0.1) is 5.52 Å². The molecular formula is C19H15N3O. The second kappa shape index (κ2) is 6.30. The van der Waals surface area contributed by atoms with Gasteiger partial charge in [-0.15, -0.1) is 0 Å². The van der Waals surface area contributed by atoms with Crippen molar-refractivity contribution in [2.45, 2.75) is 6.92 Å². The maximum atomic E-state index is 11.5. The zero-order valence-electron chi connectivity index (χ0n) is 12.6. The lowest BCUT2D eigenvalue weighted by Gasteiger charge is -2.00. The monoisotopic (exact) mass is 301 g/mol. The third-order valence-corrected chi connectivity index (χ3v) is 3.44. The molecule has 4 heteroatoms. The maximum Gasteiger partial charge on any atom is 0.265 e. The Kier molecular flexibility index (Phi) is 4.05. The number of pyridine rings is 1. The van der Waals surface area contributed by atoms with E-state index in [1.807, 2.05) is 31.2 Å². The molecule has 1 heterocycles. The molecule has 3 aromatic rings. The molecule has 0 radical (unpaired) electrons. The lowest BCUT2D eigenvalue weighted by molar-refractivity contribution is 0.0953. The highest BCUT2D eigenvalue weighted by atomic mass is 16.2. The van der Waals surface area contributed by atoms with Crippen LogP contribution in [0.2, 0.25) is 0 Å². The average molecular weight is 301 g/mol. The first kappa shape index (κ1) is 14.8. The first-order chi connectivity index (χ1) is 11.2. The van der Waals surface area contributed by atoms with E-state index in [1.165, 1.54) is 5.56 Å². The molecule has 0 saturated heterocycles. The van der Waals surface area contributed by atoms with Gasteiger partial charge in [-0.2, -0.15) is 0 Å². The van der Waals surface area contributed by atoms with Crippen LogP contribution in [0.15, 0.2) is 54.7 Å². The van der Waals surface area contributed by atoms with Crippen LogP contribution in [0.25, 0.3) is 10.9 Å².